The van der Waals surface area contributed by atoms with Crippen LogP contribution in [-0.2, 0) is 26.1 Å². The largest absolute Gasteiger partial charge is 0.468 e. The summed E-state index contributed by atoms with van der Waals surface area (Å²) in [6, 6.07) is 7.43. The molecule has 2 aromatic rings. The van der Waals surface area contributed by atoms with Crippen LogP contribution in [0.2, 0.25) is 0 Å². The van der Waals surface area contributed by atoms with Gasteiger partial charge in [0.2, 0.25) is 10.0 Å². The Balaban J connectivity index is 2.05. The number of benzene rings is 1. The summed E-state index contributed by atoms with van der Waals surface area (Å²) in [5, 5.41) is 2.64. The van der Waals surface area contributed by atoms with E-state index in [2.05, 4.69) is 10.0 Å². The third-order valence-electron chi connectivity index (χ3n) is 3.80. The first-order valence-corrected chi connectivity index (χ1v) is 10.2. The number of carbonyl (C=O) groups excluding carboxylic acids is 2. The average molecular weight is 408 g/mol. The minimum atomic E-state index is -3.86. The van der Waals surface area contributed by atoms with Crippen LogP contribution in [-0.4, -0.2) is 33.4 Å². The summed E-state index contributed by atoms with van der Waals surface area (Å²) in [4.78, 5) is 23.9. The lowest BCUT2D eigenvalue weighted by Gasteiger charge is -2.11. The van der Waals surface area contributed by atoms with Gasteiger partial charge in [-0.2, -0.15) is 0 Å². The first kappa shape index (κ1) is 21.6. The first-order valence-electron chi connectivity index (χ1n) is 8.75. The zero-order valence-corrected chi connectivity index (χ0v) is 16.8. The smallest absolute Gasteiger partial charge is 0.338 e. The van der Waals surface area contributed by atoms with Crippen molar-refractivity contribution in [1.82, 2.24) is 10.0 Å². The normalized spacial score (nSPS) is 11.4. The number of hydrogen-bond donors (Lipinski definition) is 2. The standard InChI is InChI=1S/C19H24N2O6S/c1-13(2)10-20-18(22)12-27-19(23)17-9-16(7-6-14(17)3)28(24,25)21-11-15-5-4-8-26-15/h4-9,13,21H,10-12H2,1-3H3,(H,20,22). The number of carbonyl (C=O) groups is 2. The second kappa shape index (κ2) is 9.52. The molecule has 0 aliphatic rings. The summed E-state index contributed by atoms with van der Waals surface area (Å²) >= 11 is 0. The van der Waals surface area contributed by atoms with E-state index in [0.29, 0.717) is 17.9 Å². The van der Waals surface area contributed by atoms with Crippen molar-refractivity contribution < 1.29 is 27.2 Å². The third-order valence-corrected chi connectivity index (χ3v) is 5.20. The van der Waals surface area contributed by atoms with Crippen LogP contribution in [0.3, 0.4) is 0 Å². The number of esters is 1. The highest BCUT2D eigenvalue weighted by Gasteiger charge is 2.19. The van der Waals surface area contributed by atoms with Gasteiger partial charge in [-0.05, 0) is 42.7 Å². The van der Waals surface area contributed by atoms with Crippen LogP contribution < -0.4 is 10.0 Å². The van der Waals surface area contributed by atoms with Crippen LogP contribution in [0.1, 0.15) is 35.5 Å². The second-order valence-corrected chi connectivity index (χ2v) is 8.42. The number of aryl methyl sites for hydroxylation is 1. The molecule has 0 bridgehead atoms. The molecule has 2 N–H and O–H groups in total. The van der Waals surface area contributed by atoms with Crippen LogP contribution in [0, 0.1) is 12.8 Å². The maximum Gasteiger partial charge on any atom is 0.338 e. The van der Waals surface area contributed by atoms with Crippen molar-refractivity contribution in [2.24, 2.45) is 5.92 Å². The Hall–Kier alpha value is -2.65. The maximum absolute atomic E-state index is 12.5. The summed E-state index contributed by atoms with van der Waals surface area (Å²) in [6.07, 6.45) is 1.45. The predicted octanol–water partition coefficient (Wildman–Crippen LogP) is 2.00. The van der Waals surface area contributed by atoms with E-state index in [9.17, 15) is 18.0 Å². The van der Waals surface area contributed by atoms with Gasteiger partial charge in [0.05, 0.1) is 23.3 Å². The van der Waals surface area contributed by atoms with Crippen LogP contribution in [0.4, 0.5) is 0 Å². The molecule has 8 nitrogen and oxygen atoms in total. The molecule has 152 valence electrons. The molecule has 0 saturated heterocycles. The lowest BCUT2D eigenvalue weighted by atomic mass is 10.1. The maximum atomic E-state index is 12.5. The number of nitrogens with one attached hydrogen (secondary N) is 2. The molecule has 0 fully saturated rings. The molecule has 1 heterocycles. The Morgan fingerprint density at radius 1 is 1.21 bits per heavy atom. The van der Waals surface area contributed by atoms with Crippen LogP contribution in [0.15, 0.2) is 45.9 Å². The van der Waals surface area contributed by atoms with Crippen LogP contribution in [0.25, 0.3) is 0 Å². The zero-order valence-electron chi connectivity index (χ0n) is 16.0. The predicted molar refractivity (Wildman–Crippen MR) is 102 cm³/mol. The quantitative estimate of drug-likeness (QED) is 0.613. The summed E-state index contributed by atoms with van der Waals surface area (Å²) in [5.41, 5.74) is 0.620. The van der Waals surface area contributed by atoms with Crippen molar-refractivity contribution >= 4 is 21.9 Å². The fraction of sp³-hybridized carbons (Fsp3) is 0.368. The number of hydrogen-bond acceptors (Lipinski definition) is 6. The van der Waals surface area contributed by atoms with Gasteiger partial charge in [0.15, 0.2) is 6.61 Å². The van der Waals surface area contributed by atoms with E-state index in [4.69, 9.17) is 9.15 Å². The molecule has 1 aromatic heterocycles. The molecule has 2 rings (SSSR count). The van der Waals surface area contributed by atoms with Gasteiger partial charge in [-0.15, -0.1) is 0 Å². The van der Waals surface area contributed by atoms with Gasteiger partial charge in [0, 0.05) is 6.54 Å². The van der Waals surface area contributed by atoms with Crippen molar-refractivity contribution in [3.8, 4) is 0 Å². The van der Waals surface area contributed by atoms with Crippen molar-refractivity contribution in [3.05, 3.63) is 53.5 Å². The molecular weight excluding hydrogens is 384 g/mol. The summed E-state index contributed by atoms with van der Waals surface area (Å²) in [7, 11) is -3.86. The van der Waals surface area contributed by atoms with E-state index >= 15 is 0 Å². The molecule has 0 saturated carbocycles. The molecule has 1 aromatic carbocycles. The van der Waals surface area contributed by atoms with Crippen molar-refractivity contribution in [2.75, 3.05) is 13.2 Å². The average Bonchev–Trinajstić information content (AvgIpc) is 3.16. The Bertz CT molecular complexity index is 920. The Morgan fingerprint density at radius 2 is 1.96 bits per heavy atom. The fourth-order valence-corrected chi connectivity index (χ4v) is 3.25. The van der Waals surface area contributed by atoms with Crippen molar-refractivity contribution in [3.63, 3.8) is 0 Å². The third kappa shape index (κ3) is 6.21. The van der Waals surface area contributed by atoms with E-state index < -0.39 is 28.5 Å². The van der Waals surface area contributed by atoms with Gasteiger partial charge in [-0.1, -0.05) is 19.9 Å². The fourth-order valence-electron chi connectivity index (χ4n) is 2.23. The Kier molecular flexibility index (Phi) is 7.36. The van der Waals surface area contributed by atoms with Gasteiger partial charge in [-0.3, -0.25) is 4.79 Å². The molecule has 9 heteroatoms. The minimum Gasteiger partial charge on any atom is -0.468 e. The van der Waals surface area contributed by atoms with E-state index in [1.54, 1.807) is 19.1 Å². The summed E-state index contributed by atoms with van der Waals surface area (Å²) in [6.45, 7) is 5.58. The van der Waals surface area contributed by atoms with Gasteiger partial charge in [0.1, 0.15) is 5.76 Å². The van der Waals surface area contributed by atoms with Crippen molar-refractivity contribution in [2.45, 2.75) is 32.2 Å². The van der Waals surface area contributed by atoms with Crippen LogP contribution >= 0.6 is 0 Å². The molecule has 0 atom stereocenters. The van der Waals surface area contributed by atoms with E-state index in [-0.39, 0.29) is 22.9 Å². The topological polar surface area (TPSA) is 115 Å². The number of rotatable bonds is 9. The van der Waals surface area contributed by atoms with Crippen LogP contribution in [0.5, 0.6) is 0 Å². The van der Waals surface area contributed by atoms with E-state index in [0.717, 1.165) is 0 Å². The number of sulfonamides is 1. The van der Waals surface area contributed by atoms with E-state index in [1.807, 2.05) is 13.8 Å². The first-order chi connectivity index (χ1) is 13.2. The molecule has 28 heavy (non-hydrogen) atoms. The lowest BCUT2D eigenvalue weighted by Crippen LogP contribution is -2.31. The molecule has 0 radical (unpaired) electrons. The highest BCUT2D eigenvalue weighted by atomic mass is 32.2. The second-order valence-electron chi connectivity index (χ2n) is 6.65. The van der Waals surface area contributed by atoms with Gasteiger partial charge in [0.25, 0.3) is 5.91 Å². The Labute approximate surface area is 164 Å². The molecule has 0 aliphatic heterocycles. The molecule has 0 aliphatic carbocycles. The molecule has 0 unspecified atom stereocenters. The summed E-state index contributed by atoms with van der Waals surface area (Å²) < 4.78 is 37.4. The zero-order chi connectivity index (χ0) is 20.7. The number of furan rings is 1. The van der Waals surface area contributed by atoms with E-state index in [1.165, 1.54) is 24.5 Å². The minimum absolute atomic E-state index is 0.0149. The van der Waals surface area contributed by atoms with Crippen molar-refractivity contribution in [1.29, 1.82) is 0 Å². The monoisotopic (exact) mass is 408 g/mol. The van der Waals surface area contributed by atoms with Gasteiger partial charge < -0.3 is 14.5 Å². The molecule has 0 spiro atoms. The highest BCUT2D eigenvalue weighted by molar-refractivity contribution is 7.89. The molecule has 1 amide bonds. The number of ether oxygens (including phenoxy) is 1. The highest BCUT2D eigenvalue weighted by Crippen LogP contribution is 2.17. The van der Waals surface area contributed by atoms with Gasteiger partial charge in [-0.25, -0.2) is 17.9 Å². The molecular formula is C19H24N2O6S. The summed E-state index contributed by atoms with van der Waals surface area (Å²) in [5.74, 6) is -0.441. The SMILES string of the molecule is Cc1ccc(S(=O)(=O)NCc2ccco2)cc1C(=O)OCC(=O)NCC(C)C. The lowest BCUT2D eigenvalue weighted by molar-refractivity contribution is -0.124. The van der Waals surface area contributed by atoms with Gasteiger partial charge >= 0.3 is 5.97 Å². The number of amides is 1. The Morgan fingerprint density at radius 3 is 2.61 bits per heavy atom.